The highest BCUT2D eigenvalue weighted by molar-refractivity contribution is 6.29. The molecule has 0 bridgehead atoms. The van der Waals surface area contributed by atoms with Gasteiger partial charge in [-0.1, -0.05) is 11.6 Å². The first-order valence-electron chi connectivity index (χ1n) is 4.72. The van der Waals surface area contributed by atoms with Crippen LogP contribution in [0.1, 0.15) is 23.2 Å². The van der Waals surface area contributed by atoms with E-state index in [1.54, 1.807) is 0 Å². The molecule has 1 aromatic heterocycles. The Kier molecular flexibility index (Phi) is 4.77. The van der Waals surface area contributed by atoms with E-state index in [4.69, 9.17) is 17.3 Å². The number of nitrogens with two attached hydrogens (primary N) is 1. The van der Waals surface area contributed by atoms with Crippen molar-refractivity contribution in [2.24, 2.45) is 5.73 Å². The number of alkyl halides is 2. The van der Waals surface area contributed by atoms with Crippen LogP contribution in [0.15, 0.2) is 6.07 Å². The minimum absolute atomic E-state index is 0.101. The fourth-order valence-electron chi connectivity index (χ4n) is 1.40. The zero-order valence-corrected chi connectivity index (χ0v) is 9.80. The number of aromatic nitrogens is 1. The van der Waals surface area contributed by atoms with Crippen molar-refractivity contribution in [1.82, 2.24) is 4.98 Å². The lowest BCUT2D eigenvalue weighted by Crippen LogP contribution is -2.13. The maximum Gasteiger partial charge on any atom is 0.311 e. The maximum absolute atomic E-state index is 12.7. The molecule has 17 heavy (non-hydrogen) atoms. The number of nitrogens with zero attached hydrogens (tertiary/aromatic N) is 1. The lowest BCUT2D eigenvalue weighted by atomic mass is 10.0. The summed E-state index contributed by atoms with van der Waals surface area (Å²) in [6, 6.07) is 1.05. The molecule has 0 saturated heterocycles. The van der Waals surface area contributed by atoms with Crippen molar-refractivity contribution in [2.75, 3.05) is 7.11 Å². The summed E-state index contributed by atoms with van der Waals surface area (Å²) >= 11 is 5.61. The number of rotatable bonds is 4. The van der Waals surface area contributed by atoms with E-state index >= 15 is 0 Å². The second-order valence-electron chi connectivity index (χ2n) is 3.22. The Morgan fingerprint density at radius 3 is 2.76 bits per heavy atom. The second-order valence-corrected chi connectivity index (χ2v) is 3.60. The summed E-state index contributed by atoms with van der Waals surface area (Å²) in [5, 5.41) is -0.101. The van der Waals surface area contributed by atoms with Gasteiger partial charge in [-0.3, -0.25) is 4.79 Å². The van der Waals surface area contributed by atoms with Crippen LogP contribution in [-0.2, 0) is 22.5 Å². The molecular weight excluding hydrogens is 254 g/mol. The Morgan fingerprint density at radius 1 is 1.65 bits per heavy atom. The molecule has 0 fully saturated rings. The summed E-state index contributed by atoms with van der Waals surface area (Å²) in [5.74, 6) is -0.588. The standard InChI is InChI=1S/C10H11ClF2N2O2/c1-17-9(16)3-7-6(4-14)5(10(12)13)2-8(11)15-7/h2,10H,3-4,14H2,1H3. The Morgan fingerprint density at radius 2 is 2.29 bits per heavy atom. The third kappa shape index (κ3) is 3.34. The predicted octanol–water partition coefficient (Wildman–Crippen LogP) is 1.85. The van der Waals surface area contributed by atoms with E-state index in [-0.39, 0.29) is 34.9 Å². The molecule has 2 N–H and O–H groups in total. The lowest BCUT2D eigenvalue weighted by Gasteiger charge is -2.12. The zero-order chi connectivity index (χ0) is 13.0. The van der Waals surface area contributed by atoms with Crippen LogP contribution in [0.25, 0.3) is 0 Å². The number of ether oxygens (including phenoxy) is 1. The largest absolute Gasteiger partial charge is 0.469 e. The molecule has 0 aliphatic rings. The minimum Gasteiger partial charge on any atom is -0.469 e. The first kappa shape index (κ1) is 13.8. The Bertz CT molecular complexity index is 427. The van der Waals surface area contributed by atoms with Crippen molar-refractivity contribution in [3.05, 3.63) is 28.0 Å². The van der Waals surface area contributed by atoms with E-state index in [0.29, 0.717) is 0 Å². The third-order valence-electron chi connectivity index (χ3n) is 2.19. The molecule has 0 radical (unpaired) electrons. The van der Waals surface area contributed by atoms with E-state index in [0.717, 1.165) is 6.07 Å². The number of pyridine rings is 1. The highest BCUT2D eigenvalue weighted by Gasteiger charge is 2.19. The number of carbonyl (C=O) groups is 1. The number of hydrogen-bond acceptors (Lipinski definition) is 4. The Labute approximate surface area is 102 Å². The van der Waals surface area contributed by atoms with E-state index < -0.39 is 12.4 Å². The topological polar surface area (TPSA) is 65.2 Å². The SMILES string of the molecule is COC(=O)Cc1nc(Cl)cc(C(F)F)c1CN. The van der Waals surface area contributed by atoms with Gasteiger partial charge in [0, 0.05) is 12.1 Å². The Balaban J connectivity index is 3.23. The van der Waals surface area contributed by atoms with Gasteiger partial charge in [-0.15, -0.1) is 0 Å². The Hall–Kier alpha value is -1.27. The second kappa shape index (κ2) is 5.88. The smallest absolute Gasteiger partial charge is 0.311 e. The molecule has 1 rings (SSSR count). The van der Waals surface area contributed by atoms with Gasteiger partial charge in [-0.05, 0) is 11.6 Å². The van der Waals surface area contributed by atoms with Gasteiger partial charge in [0.15, 0.2) is 0 Å². The monoisotopic (exact) mass is 264 g/mol. The van der Waals surface area contributed by atoms with Gasteiger partial charge < -0.3 is 10.5 Å². The lowest BCUT2D eigenvalue weighted by molar-refractivity contribution is -0.139. The molecule has 1 heterocycles. The van der Waals surface area contributed by atoms with E-state index in [1.165, 1.54) is 7.11 Å². The first-order valence-corrected chi connectivity index (χ1v) is 5.10. The van der Waals surface area contributed by atoms with Gasteiger partial charge in [0.1, 0.15) is 5.15 Å². The summed E-state index contributed by atoms with van der Waals surface area (Å²) in [4.78, 5) is 14.9. The molecule has 4 nitrogen and oxygen atoms in total. The fourth-order valence-corrected chi connectivity index (χ4v) is 1.62. The van der Waals surface area contributed by atoms with Gasteiger partial charge in [-0.25, -0.2) is 13.8 Å². The summed E-state index contributed by atoms with van der Waals surface area (Å²) in [6.07, 6.45) is -2.95. The highest BCUT2D eigenvalue weighted by Crippen LogP contribution is 2.27. The van der Waals surface area contributed by atoms with Crippen LogP contribution in [0, 0.1) is 0 Å². The van der Waals surface area contributed by atoms with Crippen molar-refractivity contribution in [2.45, 2.75) is 19.4 Å². The summed E-state index contributed by atoms with van der Waals surface area (Å²) in [7, 11) is 1.20. The molecule has 94 valence electrons. The van der Waals surface area contributed by atoms with Gasteiger partial charge in [0.25, 0.3) is 6.43 Å². The van der Waals surface area contributed by atoms with Crippen LogP contribution in [0.5, 0.6) is 0 Å². The molecule has 1 aromatic rings. The highest BCUT2D eigenvalue weighted by atomic mass is 35.5. The van der Waals surface area contributed by atoms with Crippen LogP contribution < -0.4 is 5.73 Å². The molecule has 0 atom stereocenters. The number of esters is 1. The average Bonchev–Trinajstić information content (AvgIpc) is 2.28. The van der Waals surface area contributed by atoms with Crippen molar-refractivity contribution < 1.29 is 18.3 Å². The average molecular weight is 265 g/mol. The molecule has 0 aliphatic heterocycles. The zero-order valence-electron chi connectivity index (χ0n) is 9.04. The molecule has 0 amide bonds. The van der Waals surface area contributed by atoms with Crippen LogP contribution >= 0.6 is 11.6 Å². The fraction of sp³-hybridized carbons (Fsp3) is 0.400. The summed E-state index contributed by atoms with van der Waals surface area (Å²) < 4.78 is 29.9. The first-order chi connectivity index (χ1) is 7.99. The van der Waals surface area contributed by atoms with Crippen LogP contribution in [0.2, 0.25) is 5.15 Å². The van der Waals surface area contributed by atoms with Crippen LogP contribution in [0.4, 0.5) is 8.78 Å². The number of halogens is 3. The van der Waals surface area contributed by atoms with Crippen molar-refractivity contribution >= 4 is 17.6 Å². The maximum atomic E-state index is 12.7. The quantitative estimate of drug-likeness (QED) is 0.666. The summed E-state index contributed by atoms with van der Waals surface area (Å²) in [5.41, 5.74) is 5.35. The normalized spacial score (nSPS) is 10.7. The van der Waals surface area contributed by atoms with E-state index in [1.807, 2.05) is 0 Å². The van der Waals surface area contributed by atoms with Crippen LogP contribution in [0.3, 0.4) is 0 Å². The van der Waals surface area contributed by atoms with Gasteiger partial charge in [-0.2, -0.15) is 0 Å². The van der Waals surface area contributed by atoms with Gasteiger partial charge >= 0.3 is 5.97 Å². The molecular formula is C10H11ClF2N2O2. The summed E-state index contributed by atoms with van der Waals surface area (Å²) in [6.45, 7) is -0.143. The molecule has 0 spiro atoms. The molecule has 7 heteroatoms. The van der Waals surface area contributed by atoms with Crippen molar-refractivity contribution in [3.8, 4) is 0 Å². The third-order valence-corrected chi connectivity index (χ3v) is 2.39. The van der Waals surface area contributed by atoms with Crippen LogP contribution in [-0.4, -0.2) is 18.1 Å². The van der Waals surface area contributed by atoms with Crippen molar-refractivity contribution in [1.29, 1.82) is 0 Å². The van der Waals surface area contributed by atoms with E-state index in [2.05, 4.69) is 9.72 Å². The number of carbonyl (C=O) groups excluding carboxylic acids is 1. The van der Waals surface area contributed by atoms with Gasteiger partial charge in [0.05, 0.1) is 19.2 Å². The molecule has 0 unspecified atom stereocenters. The molecule has 0 aromatic carbocycles. The van der Waals surface area contributed by atoms with Gasteiger partial charge in [0.2, 0.25) is 0 Å². The molecule has 0 aliphatic carbocycles. The number of hydrogen-bond donors (Lipinski definition) is 1. The number of methoxy groups -OCH3 is 1. The predicted molar refractivity (Wildman–Crippen MR) is 57.8 cm³/mol. The van der Waals surface area contributed by atoms with E-state index in [9.17, 15) is 13.6 Å². The molecule has 0 saturated carbocycles. The van der Waals surface area contributed by atoms with Crippen molar-refractivity contribution in [3.63, 3.8) is 0 Å². The minimum atomic E-state index is -2.72.